The van der Waals surface area contributed by atoms with E-state index in [9.17, 15) is 24.0 Å². The second-order valence-corrected chi connectivity index (χ2v) is 13.4. The molecule has 10 heteroatoms. The Bertz CT molecular complexity index is 1630. The molecule has 5 amide bonds. The Labute approximate surface area is 281 Å². The molecule has 4 N–H and O–H groups in total. The highest BCUT2D eigenvalue weighted by Crippen LogP contribution is 2.65. The number of rotatable bonds is 13. The third kappa shape index (κ3) is 7.05. The fourth-order valence-electron chi connectivity index (χ4n) is 7.38. The van der Waals surface area contributed by atoms with Crippen LogP contribution in [0.2, 0.25) is 0 Å². The third-order valence-electron chi connectivity index (χ3n) is 10.1. The SMILES string of the molecule is C#Cc1ccc(NC(=O)N[C@H](C(=O)N2C[C@H]3[C@@H]([C@H]2C(=O)NC(CCC=C)C(=O)C(=O)NCC=C)C3(C)C)C2Cc3ccccc3C2)cc1. The molecule has 0 bridgehead atoms. The van der Waals surface area contributed by atoms with Gasteiger partial charge in [0.2, 0.25) is 17.6 Å². The average molecular weight is 650 g/mol. The van der Waals surface area contributed by atoms with Crippen molar-refractivity contribution in [2.45, 2.75) is 57.7 Å². The summed E-state index contributed by atoms with van der Waals surface area (Å²) in [5.41, 5.74) is 3.22. The minimum atomic E-state index is -1.09. The first kappa shape index (κ1) is 34.2. The lowest BCUT2D eigenvalue weighted by atomic mass is 9.93. The monoisotopic (exact) mass is 649 g/mol. The Morgan fingerprint density at radius 2 is 1.67 bits per heavy atom. The molecule has 0 spiro atoms. The van der Waals surface area contributed by atoms with Gasteiger partial charge in [0.15, 0.2) is 0 Å². The average Bonchev–Trinajstić information content (AvgIpc) is 3.44. The second-order valence-electron chi connectivity index (χ2n) is 13.4. The number of likely N-dealkylation sites (tertiary alicyclic amines) is 1. The number of anilines is 1. The van der Waals surface area contributed by atoms with Crippen LogP contribution in [-0.4, -0.2) is 65.7 Å². The molecule has 2 aromatic carbocycles. The normalized spacial score (nSPS) is 21.4. The number of nitrogens with zero attached hydrogens (tertiary/aromatic N) is 1. The van der Waals surface area contributed by atoms with Gasteiger partial charge in [0.25, 0.3) is 5.91 Å². The van der Waals surface area contributed by atoms with Crippen LogP contribution in [0.15, 0.2) is 73.8 Å². The van der Waals surface area contributed by atoms with Crippen molar-refractivity contribution >= 4 is 35.2 Å². The molecule has 5 atom stereocenters. The molecule has 5 rings (SSSR count). The first-order valence-electron chi connectivity index (χ1n) is 16.4. The zero-order valence-corrected chi connectivity index (χ0v) is 27.5. The van der Waals surface area contributed by atoms with Gasteiger partial charge in [-0.25, -0.2) is 4.79 Å². The number of amides is 5. The quantitative estimate of drug-likeness (QED) is 0.150. The van der Waals surface area contributed by atoms with Gasteiger partial charge in [0.1, 0.15) is 12.1 Å². The number of urea groups is 1. The van der Waals surface area contributed by atoms with Crippen LogP contribution in [0.4, 0.5) is 10.5 Å². The molecule has 1 unspecified atom stereocenters. The Kier molecular flexibility index (Phi) is 10.2. The molecule has 1 aliphatic heterocycles. The standard InChI is InChI=1S/C38H43N5O5/c1-6-9-14-29(33(44)35(46)39-19-7-2)41-34(45)32-30-28(38(30,4)5)22-43(32)36(47)31(26-20-24-12-10-11-13-25(24)21-26)42-37(48)40-27-17-15-23(8-3)16-18-27/h3,6-7,10-13,15-18,26,28-32H,1-2,9,14,19-22H2,4-5H3,(H,39,46)(H,41,45)(H2,40,42,48)/t28-,29?,30-,31-,32-/m0/s1. The highest BCUT2D eigenvalue weighted by molar-refractivity contribution is 6.38. The zero-order chi connectivity index (χ0) is 34.6. The summed E-state index contributed by atoms with van der Waals surface area (Å²) < 4.78 is 0. The number of hydrogen-bond donors (Lipinski definition) is 4. The first-order valence-corrected chi connectivity index (χ1v) is 16.4. The summed E-state index contributed by atoms with van der Waals surface area (Å²) in [6.45, 7) is 11.8. The van der Waals surface area contributed by atoms with E-state index in [1.165, 1.54) is 6.08 Å². The Morgan fingerprint density at radius 3 is 2.27 bits per heavy atom. The van der Waals surface area contributed by atoms with E-state index in [0.29, 0.717) is 37.1 Å². The molecule has 48 heavy (non-hydrogen) atoms. The number of carbonyl (C=O) groups excluding carboxylic acids is 5. The maximum Gasteiger partial charge on any atom is 0.319 e. The molecule has 2 fully saturated rings. The Hall–Kier alpha value is -5.17. The van der Waals surface area contributed by atoms with Gasteiger partial charge in [-0.05, 0) is 84.2 Å². The largest absolute Gasteiger partial charge is 0.346 e. The molecule has 250 valence electrons. The number of allylic oxidation sites excluding steroid dienone is 1. The van der Waals surface area contributed by atoms with E-state index in [0.717, 1.165) is 11.1 Å². The molecule has 1 heterocycles. The van der Waals surface area contributed by atoms with Crippen molar-refractivity contribution < 1.29 is 24.0 Å². The molecule has 0 radical (unpaired) electrons. The highest BCUT2D eigenvalue weighted by Gasteiger charge is 2.69. The molecule has 3 aliphatic rings. The van der Waals surface area contributed by atoms with Crippen LogP contribution in [0.5, 0.6) is 0 Å². The number of ketones is 1. The minimum Gasteiger partial charge on any atom is -0.346 e. The predicted molar refractivity (Wildman–Crippen MR) is 183 cm³/mol. The van der Waals surface area contributed by atoms with E-state index in [4.69, 9.17) is 6.42 Å². The van der Waals surface area contributed by atoms with E-state index in [2.05, 4.69) is 54.2 Å². The highest BCUT2D eigenvalue weighted by atomic mass is 16.2. The second kappa shape index (κ2) is 14.3. The van der Waals surface area contributed by atoms with E-state index < -0.39 is 41.8 Å². The first-order chi connectivity index (χ1) is 23.0. The van der Waals surface area contributed by atoms with Gasteiger partial charge < -0.3 is 26.2 Å². The zero-order valence-electron chi connectivity index (χ0n) is 27.5. The van der Waals surface area contributed by atoms with Crippen molar-refractivity contribution in [1.29, 1.82) is 0 Å². The third-order valence-corrected chi connectivity index (χ3v) is 10.1. The van der Waals surface area contributed by atoms with Gasteiger partial charge in [-0.15, -0.1) is 19.6 Å². The smallest absolute Gasteiger partial charge is 0.319 e. The van der Waals surface area contributed by atoms with Crippen molar-refractivity contribution in [1.82, 2.24) is 20.9 Å². The van der Waals surface area contributed by atoms with Crippen molar-refractivity contribution in [2.75, 3.05) is 18.4 Å². The summed E-state index contributed by atoms with van der Waals surface area (Å²) in [6.07, 6.45) is 10.3. The van der Waals surface area contributed by atoms with Gasteiger partial charge in [-0.3, -0.25) is 19.2 Å². The summed E-state index contributed by atoms with van der Waals surface area (Å²) >= 11 is 0. The lowest BCUT2D eigenvalue weighted by Crippen LogP contribution is -2.60. The molecule has 0 aromatic heterocycles. The van der Waals surface area contributed by atoms with Crippen LogP contribution in [0.3, 0.4) is 0 Å². The molecular weight excluding hydrogens is 606 g/mol. The van der Waals surface area contributed by atoms with E-state index in [1.807, 2.05) is 24.3 Å². The summed E-state index contributed by atoms with van der Waals surface area (Å²) in [6, 6.07) is 11.3. The van der Waals surface area contributed by atoms with Gasteiger partial charge in [-0.2, -0.15) is 0 Å². The van der Waals surface area contributed by atoms with Crippen LogP contribution < -0.4 is 21.3 Å². The Balaban J connectivity index is 1.39. The summed E-state index contributed by atoms with van der Waals surface area (Å²) in [5, 5.41) is 11.0. The van der Waals surface area contributed by atoms with Crippen LogP contribution in [0.1, 0.15) is 43.4 Å². The molecule has 10 nitrogen and oxygen atoms in total. The summed E-state index contributed by atoms with van der Waals surface area (Å²) in [4.78, 5) is 69.3. The summed E-state index contributed by atoms with van der Waals surface area (Å²) in [5.74, 6) is -0.217. The van der Waals surface area contributed by atoms with Crippen molar-refractivity contribution in [3.05, 3.63) is 90.5 Å². The number of benzene rings is 2. The van der Waals surface area contributed by atoms with Crippen LogP contribution in [0.25, 0.3) is 0 Å². The fourth-order valence-corrected chi connectivity index (χ4v) is 7.38. The summed E-state index contributed by atoms with van der Waals surface area (Å²) in [7, 11) is 0. The number of piperidine rings is 1. The van der Waals surface area contributed by atoms with Gasteiger partial charge >= 0.3 is 6.03 Å². The van der Waals surface area contributed by atoms with Gasteiger partial charge in [0, 0.05) is 24.3 Å². The molecular formula is C38H43N5O5. The maximum atomic E-state index is 14.6. The van der Waals surface area contributed by atoms with Crippen molar-refractivity contribution in [2.24, 2.45) is 23.2 Å². The topological polar surface area (TPSA) is 137 Å². The van der Waals surface area contributed by atoms with Gasteiger partial charge in [-0.1, -0.05) is 56.2 Å². The molecule has 1 saturated heterocycles. The van der Waals surface area contributed by atoms with Crippen molar-refractivity contribution in [3.8, 4) is 12.3 Å². The fraction of sp³-hybridized carbons (Fsp3) is 0.395. The maximum absolute atomic E-state index is 14.6. The number of nitrogens with one attached hydrogen (secondary N) is 4. The number of carbonyl (C=O) groups is 5. The Morgan fingerprint density at radius 1 is 1.00 bits per heavy atom. The molecule has 2 aromatic rings. The lowest BCUT2D eigenvalue weighted by molar-refractivity contribution is -0.144. The van der Waals surface area contributed by atoms with E-state index in [-0.39, 0.29) is 42.0 Å². The minimum absolute atomic E-state index is 0.0698. The van der Waals surface area contributed by atoms with Gasteiger partial charge in [0.05, 0.1) is 6.04 Å². The number of hydrogen-bond acceptors (Lipinski definition) is 5. The van der Waals surface area contributed by atoms with E-state index >= 15 is 0 Å². The van der Waals surface area contributed by atoms with Crippen LogP contribution in [-0.2, 0) is 32.0 Å². The number of Topliss-reactive ketones (excluding diaryl/α,β-unsaturated/α-hetero) is 1. The van der Waals surface area contributed by atoms with Crippen molar-refractivity contribution in [3.63, 3.8) is 0 Å². The molecule has 2 aliphatic carbocycles. The lowest BCUT2D eigenvalue weighted by Gasteiger charge is -2.35. The number of terminal acetylenes is 1. The van der Waals surface area contributed by atoms with E-state index in [1.54, 1.807) is 35.2 Å². The molecule has 1 saturated carbocycles. The van der Waals surface area contributed by atoms with Crippen LogP contribution in [0, 0.1) is 35.5 Å². The predicted octanol–water partition coefficient (Wildman–Crippen LogP) is 3.38. The number of fused-ring (bicyclic) bond motifs is 2. The van der Waals surface area contributed by atoms with Crippen LogP contribution >= 0.6 is 0 Å².